The molecule has 0 saturated heterocycles. The first-order valence-corrected chi connectivity index (χ1v) is 5.64. The number of rotatable bonds is 4. The second-order valence-corrected chi connectivity index (χ2v) is 5.02. The first kappa shape index (κ1) is 12.1. The van der Waals surface area contributed by atoms with Crippen LogP contribution in [0, 0.1) is 0 Å². The van der Waals surface area contributed by atoms with Gasteiger partial charge in [-0.1, -0.05) is 0 Å². The van der Waals surface area contributed by atoms with Crippen molar-refractivity contribution in [1.82, 2.24) is 14.7 Å². The molecule has 0 aromatic carbocycles. The van der Waals surface area contributed by atoms with Crippen LogP contribution in [-0.4, -0.2) is 72.1 Å². The van der Waals surface area contributed by atoms with Crippen LogP contribution < -0.4 is 5.40 Å². The van der Waals surface area contributed by atoms with E-state index in [2.05, 4.69) is 57.0 Å². The summed E-state index contributed by atoms with van der Waals surface area (Å²) in [4.78, 5) is 6.54. The predicted octanol–water partition coefficient (Wildman–Crippen LogP) is -1.67. The summed E-state index contributed by atoms with van der Waals surface area (Å²) >= 11 is 0. The summed E-state index contributed by atoms with van der Waals surface area (Å²) in [5, 5.41) is 5.92. The van der Waals surface area contributed by atoms with Crippen molar-refractivity contribution in [3.63, 3.8) is 0 Å². The van der Waals surface area contributed by atoms with E-state index < -0.39 is 9.68 Å². The Balaban J connectivity index is 4.77. The highest BCUT2D eigenvalue weighted by molar-refractivity contribution is 6.35. The van der Waals surface area contributed by atoms with Gasteiger partial charge < -0.3 is 5.40 Å². The lowest BCUT2D eigenvalue weighted by Crippen LogP contribution is -2.69. The molecule has 0 fully saturated rings. The second-order valence-electron chi connectivity index (χ2n) is 3.66. The molecule has 0 radical (unpaired) electrons. The van der Waals surface area contributed by atoms with E-state index in [0.29, 0.717) is 0 Å². The molecule has 5 heteroatoms. The Morgan fingerprint density at radius 2 is 1.08 bits per heavy atom. The standard InChI is InChI=1S/C7H22N4Si/c1-9(2)7(12-8,10(3)4)11(5)6/h8,12H2,1-6H3. The van der Waals surface area contributed by atoms with Gasteiger partial charge in [0.05, 0.1) is 0 Å². The van der Waals surface area contributed by atoms with Gasteiger partial charge >= 0.3 is 0 Å². The van der Waals surface area contributed by atoms with Gasteiger partial charge in [0.15, 0.2) is 0 Å². The van der Waals surface area contributed by atoms with Gasteiger partial charge in [-0.15, -0.1) is 0 Å². The molecule has 74 valence electrons. The average molecular weight is 190 g/mol. The Kier molecular flexibility index (Phi) is 4.36. The molecular formula is C7H22N4Si. The summed E-state index contributed by atoms with van der Waals surface area (Å²) in [6.07, 6.45) is 0. The molecule has 0 amide bonds. The van der Waals surface area contributed by atoms with E-state index in [1.165, 1.54) is 0 Å². The van der Waals surface area contributed by atoms with Crippen molar-refractivity contribution < 1.29 is 0 Å². The summed E-state index contributed by atoms with van der Waals surface area (Å²) in [5.74, 6) is 0. The summed E-state index contributed by atoms with van der Waals surface area (Å²) in [6.45, 7) is 0. The van der Waals surface area contributed by atoms with E-state index in [1.54, 1.807) is 0 Å². The van der Waals surface area contributed by atoms with Gasteiger partial charge in [-0.25, -0.2) is 0 Å². The molecule has 0 aliphatic rings. The van der Waals surface area contributed by atoms with Crippen molar-refractivity contribution in [3.8, 4) is 0 Å². The molecular weight excluding hydrogens is 168 g/mol. The van der Waals surface area contributed by atoms with Gasteiger partial charge in [0.2, 0.25) is 0 Å². The van der Waals surface area contributed by atoms with Crippen LogP contribution in [0.3, 0.4) is 0 Å². The molecule has 0 aromatic rings. The van der Waals surface area contributed by atoms with Crippen molar-refractivity contribution in [1.29, 1.82) is 0 Å². The van der Waals surface area contributed by atoms with Gasteiger partial charge in [0.1, 0.15) is 15.1 Å². The van der Waals surface area contributed by atoms with Crippen molar-refractivity contribution in [2.24, 2.45) is 5.40 Å². The van der Waals surface area contributed by atoms with Crippen LogP contribution in [0.2, 0.25) is 0 Å². The summed E-state index contributed by atoms with van der Waals surface area (Å²) in [6, 6.07) is 0. The molecule has 0 heterocycles. The number of hydrogen-bond donors (Lipinski definition) is 1. The Morgan fingerprint density at radius 3 is 1.08 bits per heavy atom. The van der Waals surface area contributed by atoms with Crippen LogP contribution in [0.4, 0.5) is 0 Å². The van der Waals surface area contributed by atoms with Crippen LogP contribution >= 0.6 is 0 Å². The third kappa shape index (κ3) is 1.86. The zero-order chi connectivity index (χ0) is 9.94. The van der Waals surface area contributed by atoms with Gasteiger partial charge in [-0.3, -0.25) is 14.7 Å². The predicted molar refractivity (Wildman–Crippen MR) is 56.5 cm³/mol. The molecule has 12 heavy (non-hydrogen) atoms. The Bertz CT molecular complexity index is 114. The van der Waals surface area contributed by atoms with Gasteiger partial charge in [-0.2, -0.15) is 0 Å². The minimum absolute atomic E-state index is 0.0417. The summed E-state index contributed by atoms with van der Waals surface area (Å²) in [7, 11) is 11.8. The Labute approximate surface area is 78.2 Å². The zero-order valence-corrected chi connectivity index (χ0v) is 10.5. The smallest absolute Gasteiger partial charge is 0.149 e. The monoisotopic (exact) mass is 190 g/mol. The van der Waals surface area contributed by atoms with E-state index in [4.69, 9.17) is 5.40 Å². The fourth-order valence-electron chi connectivity index (χ4n) is 1.75. The van der Waals surface area contributed by atoms with E-state index >= 15 is 0 Å². The maximum atomic E-state index is 5.92. The Hall–Kier alpha value is 0.0569. The molecule has 0 spiro atoms. The topological polar surface area (TPSA) is 35.7 Å². The molecule has 0 aliphatic heterocycles. The largest absolute Gasteiger partial charge is 0.352 e. The minimum atomic E-state index is -0.644. The quantitative estimate of drug-likeness (QED) is 0.425. The van der Waals surface area contributed by atoms with Gasteiger partial charge in [0, 0.05) is 0 Å². The highest BCUT2D eigenvalue weighted by Gasteiger charge is 2.36. The third-order valence-corrected chi connectivity index (χ3v) is 4.87. The van der Waals surface area contributed by atoms with E-state index in [9.17, 15) is 0 Å². The third-order valence-electron chi connectivity index (χ3n) is 2.42. The lowest BCUT2D eigenvalue weighted by atomic mass is 10.5. The fraction of sp³-hybridized carbons (Fsp3) is 1.00. The molecule has 2 N–H and O–H groups in total. The van der Waals surface area contributed by atoms with E-state index in [1.807, 2.05) is 0 Å². The molecule has 0 saturated carbocycles. The van der Waals surface area contributed by atoms with Crippen molar-refractivity contribution >= 4 is 9.68 Å². The van der Waals surface area contributed by atoms with Crippen LogP contribution in [0.15, 0.2) is 0 Å². The molecule has 0 rings (SSSR count). The van der Waals surface area contributed by atoms with Crippen LogP contribution in [0.1, 0.15) is 0 Å². The molecule has 0 bridgehead atoms. The first-order valence-electron chi connectivity index (χ1n) is 4.12. The lowest BCUT2D eigenvalue weighted by molar-refractivity contribution is -0.0375. The highest BCUT2D eigenvalue weighted by Crippen LogP contribution is 2.14. The normalized spacial score (nSPS) is 14.5. The first-order chi connectivity index (χ1) is 5.39. The summed E-state index contributed by atoms with van der Waals surface area (Å²) in [5.41, 5.74) is -0.0417. The van der Waals surface area contributed by atoms with E-state index in [-0.39, 0.29) is 5.41 Å². The number of hydrogen-bond acceptors (Lipinski definition) is 4. The SMILES string of the molecule is CN(C)C([SiH2]N)(N(C)C)N(C)C. The molecule has 0 aliphatic carbocycles. The molecule has 4 nitrogen and oxygen atoms in total. The second kappa shape index (κ2) is 4.34. The maximum Gasteiger partial charge on any atom is 0.149 e. The van der Waals surface area contributed by atoms with Gasteiger partial charge in [0.25, 0.3) is 0 Å². The maximum absolute atomic E-state index is 5.92. The minimum Gasteiger partial charge on any atom is -0.352 e. The van der Waals surface area contributed by atoms with Crippen LogP contribution in [-0.2, 0) is 0 Å². The fourth-order valence-corrected chi connectivity index (χ4v) is 2.84. The number of nitrogens with zero attached hydrogens (tertiary/aromatic N) is 3. The van der Waals surface area contributed by atoms with Crippen LogP contribution in [0.25, 0.3) is 0 Å². The zero-order valence-electron chi connectivity index (χ0n) is 9.13. The average Bonchev–Trinajstić information content (AvgIpc) is 1.86. The summed E-state index contributed by atoms with van der Waals surface area (Å²) < 4.78 is 0. The van der Waals surface area contributed by atoms with Crippen molar-refractivity contribution in [2.75, 3.05) is 42.3 Å². The van der Waals surface area contributed by atoms with Crippen LogP contribution in [0.5, 0.6) is 0 Å². The Morgan fingerprint density at radius 1 is 0.833 bits per heavy atom. The van der Waals surface area contributed by atoms with Gasteiger partial charge in [-0.05, 0) is 42.3 Å². The highest BCUT2D eigenvalue weighted by atomic mass is 28.2. The van der Waals surface area contributed by atoms with Crippen molar-refractivity contribution in [3.05, 3.63) is 0 Å². The number of nitrogens with two attached hydrogens (primary N) is 1. The van der Waals surface area contributed by atoms with Crippen molar-refractivity contribution in [2.45, 2.75) is 5.41 Å². The molecule has 0 unspecified atom stereocenters. The molecule has 0 aromatic heterocycles. The molecule has 0 atom stereocenters. The lowest BCUT2D eigenvalue weighted by Gasteiger charge is -2.48. The van der Waals surface area contributed by atoms with E-state index in [0.717, 1.165) is 0 Å².